The number of aliphatic hydroxyl groups is 3. The van der Waals surface area contributed by atoms with Gasteiger partial charge in [0.2, 0.25) is 0 Å². The quantitative estimate of drug-likeness (QED) is 0.118. The van der Waals surface area contributed by atoms with E-state index in [4.69, 9.17) is 34.7 Å². The lowest BCUT2D eigenvalue weighted by molar-refractivity contribution is -0.159. The van der Waals surface area contributed by atoms with E-state index in [1.165, 1.54) is 41.6 Å². The number of aromatic nitrogens is 8. The van der Waals surface area contributed by atoms with Crippen LogP contribution in [0.4, 0.5) is 11.6 Å². The van der Waals surface area contributed by atoms with Crippen LogP contribution >= 0.6 is 7.82 Å². The second-order valence-electron chi connectivity index (χ2n) is 9.17. The molecule has 220 valence electrons. The van der Waals surface area contributed by atoms with Crippen molar-refractivity contribution < 1.29 is 48.0 Å². The van der Waals surface area contributed by atoms with Crippen molar-refractivity contribution in [1.82, 2.24) is 39.0 Å². The van der Waals surface area contributed by atoms with Crippen molar-refractivity contribution in [1.29, 1.82) is 0 Å². The molecule has 20 nitrogen and oxygen atoms in total. The predicted molar refractivity (Wildman–Crippen MR) is 133 cm³/mol. The Morgan fingerprint density at radius 2 is 1.44 bits per heavy atom. The summed E-state index contributed by atoms with van der Waals surface area (Å²) in [7, 11) is -3.69. The second kappa shape index (κ2) is 10.4. The van der Waals surface area contributed by atoms with Crippen LogP contribution in [0.2, 0.25) is 0 Å². The molecule has 4 aromatic heterocycles. The molecule has 0 radical (unpaired) electrons. The first-order valence-corrected chi connectivity index (χ1v) is 13.5. The Hall–Kier alpha value is -3.43. The van der Waals surface area contributed by atoms with Crippen molar-refractivity contribution >= 4 is 41.8 Å². The van der Waals surface area contributed by atoms with Gasteiger partial charge in [0.15, 0.2) is 47.8 Å². The number of aliphatic hydroxyl groups excluding tert-OH is 3. The van der Waals surface area contributed by atoms with E-state index in [-0.39, 0.29) is 34.0 Å². The summed E-state index contributed by atoms with van der Waals surface area (Å²) in [6.45, 7) is -0.681. The van der Waals surface area contributed by atoms with Crippen LogP contribution in [0.5, 0.6) is 0 Å². The summed E-state index contributed by atoms with van der Waals surface area (Å²) < 4.78 is 42.4. The van der Waals surface area contributed by atoms with E-state index in [9.17, 15) is 24.8 Å². The largest absolute Gasteiger partial charge is 0.472 e. The Bertz CT molecular complexity index is 1620. The van der Waals surface area contributed by atoms with E-state index in [1.54, 1.807) is 0 Å². The van der Waals surface area contributed by atoms with Gasteiger partial charge >= 0.3 is 7.82 Å². The molecule has 0 bridgehead atoms. The fourth-order valence-electron chi connectivity index (χ4n) is 4.71. The van der Waals surface area contributed by atoms with Crippen LogP contribution in [0.15, 0.2) is 25.3 Å². The molecule has 6 heterocycles. The second-order valence-corrected chi connectivity index (χ2v) is 10.6. The van der Waals surface area contributed by atoms with Gasteiger partial charge in [0, 0.05) is 7.11 Å². The molecule has 6 rings (SSSR count). The van der Waals surface area contributed by atoms with Crippen LogP contribution < -0.4 is 11.5 Å². The smallest absolute Gasteiger partial charge is 0.387 e. The molecule has 0 aromatic carbocycles. The Kier molecular flexibility index (Phi) is 7.06. The van der Waals surface area contributed by atoms with Gasteiger partial charge in [-0.3, -0.25) is 18.2 Å². The lowest BCUT2D eigenvalue weighted by atomic mass is 10.1. The predicted octanol–water partition coefficient (Wildman–Crippen LogP) is -2.19. The summed E-state index contributed by atoms with van der Waals surface area (Å²) in [5.41, 5.74) is 12.6. The van der Waals surface area contributed by atoms with Gasteiger partial charge in [-0.15, -0.1) is 0 Å². The third-order valence-corrected chi connectivity index (χ3v) is 7.70. The van der Waals surface area contributed by atoms with Crippen molar-refractivity contribution in [3.8, 4) is 0 Å². The molecule has 5 unspecified atom stereocenters. The van der Waals surface area contributed by atoms with E-state index in [0.29, 0.717) is 0 Å². The number of ether oxygens (including phenoxy) is 3. The topological polar surface area (TPSA) is 283 Å². The summed E-state index contributed by atoms with van der Waals surface area (Å²) in [6, 6.07) is 0. The molecule has 0 spiro atoms. The molecule has 0 amide bonds. The number of nitrogens with zero attached hydrogens (tertiary/aromatic N) is 8. The summed E-state index contributed by atoms with van der Waals surface area (Å²) >= 11 is 0. The van der Waals surface area contributed by atoms with E-state index in [1.807, 2.05) is 0 Å². The molecular weight excluding hydrogens is 571 g/mol. The maximum atomic E-state index is 12.9. The lowest BCUT2D eigenvalue weighted by Crippen LogP contribution is -2.36. The van der Waals surface area contributed by atoms with E-state index >= 15 is 0 Å². The maximum absolute atomic E-state index is 12.9. The minimum Gasteiger partial charge on any atom is -0.387 e. The molecule has 9 atom stereocenters. The molecule has 0 saturated carbocycles. The molecule has 2 saturated heterocycles. The summed E-state index contributed by atoms with van der Waals surface area (Å²) in [5.74, 6) is 0.209. The van der Waals surface area contributed by atoms with Crippen LogP contribution in [0.3, 0.4) is 0 Å². The summed E-state index contributed by atoms with van der Waals surface area (Å²) in [5, 5.41) is 32.1. The number of hydrogen-bond acceptors (Lipinski definition) is 17. The highest BCUT2D eigenvalue weighted by molar-refractivity contribution is 7.47. The Labute approximate surface area is 229 Å². The normalized spacial score (nSPS) is 31.7. The van der Waals surface area contributed by atoms with E-state index < -0.39 is 63.7 Å². The zero-order valence-electron chi connectivity index (χ0n) is 21.1. The molecule has 2 aliphatic heterocycles. The van der Waals surface area contributed by atoms with E-state index in [2.05, 4.69) is 29.9 Å². The minimum atomic E-state index is -4.93. The Morgan fingerprint density at radius 1 is 0.878 bits per heavy atom. The fourth-order valence-corrected chi connectivity index (χ4v) is 5.64. The van der Waals surface area contributed by atoms with Crippen LogP contribution in [-0.4, -0.2) is 110 Å². The molecule has 2 aliphatic rings. The van der Waals surface area contributed by atoms with Crippen LogP contribution in [0.25, 0.3) is 22.3 Å². The third kappa shape index (κ3) is 4.78. The van der Waals surface area contributed by atoms with Crippen molar-refractivity contribution in [2.75, 3.05) is 25.2 Å². The van der Waals surface area contributed by atoms with Crippen LogP contribution in [0.1, 0.15) is 12.5 Å². The molecule has 21 heteroatoms. The average molecular weight is 596 g/mol. The lowest BCUT2D eigenvalue weighted by Gasteiger charge is -2.23. The monoisotopic (exact) mass is 596 g/mol. The number of phosphoric ester groups is 1. The first-order chi connectivity index (χ1) is 19.6. The van der Waals surface area contributed by atoms with Crippen molar-refractivity contribution in [2.24, 2.45) is 0 Å². The van der Waals surface area contributed by atoms with Crippen LogP contribution in [0, 0.1) is 0 Å². The summed E-state index contributed by atoms with van der Waals surface area (Å²) in [4.78, 5) is 34.5. The molecule has 41 heavy (non-hydrogen) atoms. The first-order valence-electron chi connectivity index (χ1n) is 12.0. The van der Waals surface area contributed by atoms with Crippen molar-refractivity contribution in [2.45, 2.75) is 49.3 Å². The van der Waals surface area contributed by atoms with Gasteiger partial charge in [-0.2, -0.15) is 0 Å². The average Bonchev–Trinajstić information content (AvgIpc) is 3.70. The number of fused-ring (bicyclic) bond motifs is 2. The van der Waals surface area contributed by atoms with Gasteiger partial charge in [0.25, 0.3) is 0 Å². The fraction of sp³-hybridized carbons (Fsp3) is 0.500. The molecule has 8 N–H and O–H groups in total. The van der Waals surface area contributed by atoms with Gasteiger partial charge in [0.05, 0.1) is 19.3 Å². The van der Waals surface area contributed by atoms with Crippen molar-refractivity contribution in [3.63, 3.8) is 0 Å². The third-order valence-electron chi connectivity index (χ3n) is 6.72. The van der Waals surface area contributed by atoms with Gasteiger partial charge in [-0.05, 0) is 0 Å². The first kappa shape index (κ1) is 27.7. The highest BCUT2D eigenvalue weighted by Crippen LogP contribution is 2.49. The maximum Gasteiger partial charge on any atom is 0.472 e. The van der Waals surface area contributed by atoms with E-state index in [0.717, 1.165) is 0 Å². The molecule has 2 fully saturated rings. The number of imidazole rings is 2. The molecule has 0 aliphatic carbocycles. The van der Waals surface area contributed by atoms with Gasteiger partial charge in [-0.1, -0.05) is 0 Å². The zero-order valence-corrected chi connectivity index (χ0v) is 21.9. The SMILES string of the molecule is CO[C@H]1O[C@@H](n2cnc3c(N)ncnc32)C(O)C1OP(=O)(O)OC[C@H]1O[C@@H](n2cnc3c(N)ncnc32)C(O)C1O. The number of phosphoric acid groups is 1. The van der Waals surface area contributed by atoms with Gasteiger partial charge in [-0.25, -0.2) is 34.5 Å². The highest BCUT2D eigenvalue weighted by Gasteiger charge is 2.51. The molecular formula is C20H25N10O10P. The molecule has 4 aromatic rings. The number of hydrogen-bond donors (Lipinski definition) is 6. The van der Waals surface area contributed by atoms with Crippen molar-refractivity contribution in [3.05, 3.63) is 25.3 Å². The number of nitrogen functional groups attached to an aromatic ring is 2. The zero-order chi connectivity index (χ0) is 29.1. The minimum absolute atomic E-state index is 0.105. The Morgan fingerprint density at radius 3 is 2.00 bits per heavy atom. The highest BCUT2D eigenvalue weighted by atomic mass is 31.2. The van der Waals surface area contributed by atoms with Gasteiger partial charge < -0.3 is 45.9 Å². The summed E-state index contributed by atoms with van der Waals surface area (Å²) in [6.07, 6.45) is -6.02. The number of anilines is 2. The number of methoxy groups -OCH3 is 1. The Balaban J connectivity index is 1.14. The number of rotatable bonds is 8. The van der Waals surface area contributed by atoms with Gasteiger partial charge in [0.1, 0.15) is 48.1 Å². The number of nitrogens with two attached hydrogens (primary N) is 2. The van der Waals surface area contributed by atoms with Crippen LogP contribution in [-0.2, 0) is 27.8 Å². The standard InChI is InChI=1S/C20H25N10O10P/c1-36-20-13(12(33)19(39-20)30-6-28-9-15(22)24-4-26-17(9)30)40-41(34,35)37-2-7-10(31)11(32)18(38-7)29-5-27-8-14(21)23-3-25-16(8)29/h3-7,10-13,18-20,31-33H,2H2,1H3,(H,34,35)(H2,21,23,25)(H2,22,24,26)/t7-,10?,11?,12?,13?,18-,19-,20+/m1/s1.